The van der Waals surface area contributed by atoms with Gasteiger partial charge in [-0.1, -0.05) is 35.5 Å². The highest BCUT2D eigenvalue weighted by molar-refractivity contribution is 7.99. The van der Waals surface area contributed by atoms with Crippen molar-refractivity contribution in [3.05, 3.63) is 53.6 Å². The molecule has 10 heteroatoms. The lowest BCUT2D eigenvalue weighted by Crippen LogP contribution is -2.22. The van der Waals surface area contributed by atoms with Crippen LogP contribution in [0.1, 0.15) is 19.8 Å². The van der Waals surface area contributed by atoms with Crippen LogP contribution in [0.5, 0.6) is 0 Å². The summed E-state index contributed by atoms with van der Waals surface area (Å²) in [5, 5.41) is 15.6. The summed E-state index contributed by atoms with van der Waals surface area (Å²) in [6.45, 7) is 3.29. The molecule has 0 saturated carbocycles. The van der Waals surface area contributed by atoms with E-state index in [1.807, 2.05) is 28.8 Å². The maximum absolute atomic E-state index is 12.6. The van der Waals surface area contributed by atoms with Crippen LogP contribution in [0.3, 0.4) is 0 Å². The smallest absolute Gasteiger partial charge is 0.234 e. The lowest BCUT2D eigenvalue weighted by atomic mass is 10.2. The van der Waals surface area contributed by atoms with Gasteiger partial charge in [0.2, 0.25) is 17.8 Å². The number of carbonyl (C=O) groups excluding carboxylic acids is 2. The molecule has 2 N–H and O–H groups in total. The van der Waals surface area contributed by atoms with E-state index in [2.05, 4.69) is 25.7 Å². The van der Waals surface area contributed by atoms with Crippen LogP contribution >= 0.6 is 23.4 Å². The molecule has 0 radical (unpaired) electrons. The van der Waals surface area contributed by atoms with Gasteiger partial charge in [-0.25, -0.2) is 0 Å². The molecule has 2 heterocycles. The molecule has 32 heavy (non-hydrogen) atoms. The fourth-order valence-electron chi connectivity index (χ4n) is 3.52. The number of thioether (sulfide) groups is 1. The minimum atomic E-state index is -0.182. The monoisotopic (exact) mass is 470 g/mol. The van der Waals surface area contributed by atoms with Gasteiger partial charge < -0.3 is 15.5 Å². The molecule has 1 aliphatic rings. The van der Waals surface area contributed by atoms with Crippen molar-refractivity contribution in [2.24, 2.45) is 0 Å². The normalized spacial score (nSPS) is 13.2. The van der Waals surface area contributed by atoms with E-state index in [0.717, 1.165) is 37.6 Å². The Balaban J connectivity index is 1.49. The summed E-state index contributed by atoms with van der Waals surface area (Å²) < 4.78 is 1.95. The van der Waals surface area contributed by atoms with Crippen LogP contribution < -0.4 is 15.5 Å². The number of hydrogen-bond acceptors (Lipinski definition) is 6. The molecular weight excluding hydrogens is 448 g/mol. The van der Waals surface area contributed by atoms with Crippen molar-refractivity contribution in [2.45, 2.75) is 24.9 Å². The summed E-state index contributed by atoms with van der Waals surface area (Å²) in [5.41, 5.74) is 2.09. The molecule has 1 aliphatic heterocycles. The molecular formula is C22H23ClN6O2S. The van der Waals surface area contributed by atoms with Crippen molar-refractivity contribution in [1.82, 2.24) is 14.8 Å². The Hall–Kier alpha value is -3.04. The van der Waals surface area contributed by atoms with Gasteiger partial charge >= 0.3 is 0 Å². The first-order valence-electron chi connectivity index (χ1n) is 10.3. The third-order valence-corrected chi connectivity index (χ3v) is 6.03. The van der Waals surface area contributed by atoms with Gasteiger partial charge in [-0.3, -0.25) is 14.2 Å². The lowest BCUT2D eigenvalue weighted by molar-refractivity contribution is -0.114. The Kier molecular flexibility index (Phi) is 6.96. The van der Waals surface area contributed by atoms with E-state index in [0.29, 0.717) is 21.6 Å². The molecule has 2 aromatic carbocycles. The first kappa shape index (κ1) is 22.2. The van der Waals surface area contributed by atoms with Crippen LogP contribution in [-0.2, 0) is 9.59 Å². The van der Waals surface area contributed by atoms with Crippen LogP contribution in [0.4, 0.5) is 17.3 Å². The molecule has 3 aromatic rings. The number of amides is 2. The molecule has 1 saturated heterocycles. The van der Waals surface area contributed by atoms with Gasteiger partial charge in [0.05, 0.1) is 11.4 Å². The average Bonchev–Trinajstić information content (AvgIpc) is 3.42. The number of hydrogen-bond donors (Lipinski definition) is 2. The number of nitrogens with zero attached hydrogens (tertiary/aromatic N) is 4. The van der Waals surface area contributed by atoms with Crippen molar-refractivity contribution >= 4 is 52.5 Å². The van der Waals surface area contributed by atoms with Crippen LogP contribution in [0.25, 0.3) is 5.69 Å². The predicted molar refractivity (Wildman–Crippen MR) is 128 cm³/mol. The van der Waals surface area contributed by atoms with Crippen molar-refractivity contribution in [2.75, 3.05) is 34.4 Å². The highest BCUT2D eigenvalue weighted by atomic mass is 35.5. The van der Waals surface area contributed by atoms with E-state index in [1.54, 1.807) is 24.3 Å². The summed E-state index contributed by atoms with van der Waals surface area (Å²) >= 11 is 7.53. The molecule has 4 rings (SSSR count). The Morgan fingerprint density at radius 2 is 1.75 bits per heavy atom. The Morgan fingerprint density at radius 1 is 1.03 bits per heavy atom. The van der Waals surface area contributed by atoms with E-state index in [4.69, 9.17) is 11.6 Å². The lowest BCUT2D eigenvalue weighted by Gasteiger charge is -2.18. The molecule has 0 spiro atoms. The number of nitrogens with one attached hydrogen (secondary N) is 2. The maximum Gasteiger partial charge on any atom is 0.234 e. The topological polar surface area (TPSA) is 92.2 Å². The van der Waals surface area contributed by atoms with Crippen LogP contribution in [0.15, 0.2) is 53.7 Å². The summed E-state index contributed by atoms with van der Waals surface area (Å²) in [7, 11) is 0. The predicted octanol–water partition coefficient (Wildman–Crippen LogP) is 4.21. The average molecular weight is 471 g/mol. The van der Waals surface area contributed by atoms with Crippen molar-refractivity contribution in [3.63, 3.8) is 0 Å². The molecule has 8 nitrogen and oxygen atoms in total. The summed E-state index contributed by atoms with van der Waals surface area (Å²) in [4.78, 5) is 26.0. The fraction of sp³-hybridized carbons (Fsp3) is 0.273. The van der Waals surface area contributed by atoms with Crippen LogP contribution in [-0.4, -0.2) is 45.4 Å². The SMILES string of the molecule is CC(=O)Nc1cccc(NC(=O)CSc2nnc(N3CCCC3)n2-c2cccc(Cl)c2)c1. The standard InChI is InChI=1S/C22H23ClN6O2S/c1-15(30)24-17-7-5-8-18(13-17)25-20(31)14-32-22-27-26-21(28-10-2-3-11-28)29(22)19-9-4-6-16(23)12-19/h4-9,12-13H,2-3,10-11,14H2,1H3,(H,24,30)(H,25,31). The van der Waals surface area contributed by atoms with Crippen molar-refractivity contribution < 1.29 is 9.59 Å². The van der Waals surface area contributed by atoms with Crippen molar-refractivity contribution in [1.29, 1.82) is 0 Å². The van der Waals surface area contributed by atoms with Crippen molar-refractivity contribution in [3.8, 4) is 5.69 Å². The zero-order chi connectivity index (χ0) is 22.5. The van der Waals surface area contributed by atoms with Gasteiger partial charge in [0.1, 0.15) is 0 Å². The number of rotatable bonds is 7. The third-order valence-electron chi connectivity index (χ3n) is 4.87. The van der Waals surface area contributed by atoms with E-state index in [1.165, 1.54) is 18.7 Å². The summed E-state index contributed by atoms with van der Waals surface area (Å²) in [6.07, 6.45) is 2.23. The molecule has 1 aromatic heterocycles. The number of halogens is 1. The molecule has 166 valence electrons. The first-order chi connectivity index (χ1) is 15.5. The maximum atomic E-state index is 12.6. The Morgan fingerprint density at radius 3 is 2.47 bits per heavy atom. The minimum Gasteiger partial charge on any atom is -0.341 e. The van der Waals surface area contributed by atoms with E-state index in [9.17, 15) is 9.59 Å². The fourth-order valence-corrected chi connectivity index (χ4v) is 4.46. The second-order valence-corrected chi connectivity index (χ2v) is 8.77. The second kappa shape index (κ2) is 10.1. The highest BCUT2D eigenvalue weighted by Crippen LogP contribution is 2.29. The molecule has 0 bridgehead atoms. The second-order valence-electron chi connectivity index (χ2n) is 7.39. The molecule has 0 unspecified atom stereocenters. The van der Waals surface area contributed by atoms with Crippen LogP contribution in [0.2, 0.25) is 5.02 Å². The Labute approximate surface area is 195 Å². The molecule has 0 aliphatic carbocycles. The zero-order valence-electron chi connectivity index (χ0n) is 17.5. The molecule has 0 atom stereocenters. The molecule has 2 amide bonds. The minimum absolute atomic E-state index is 0.156. The Bertz CT molecular complexity index is 1130. The van der Waals surface area contributed by atoms with Crippen LogP contribution in [0, 0.1) is 0 Å². The quantitative estimate of drug-likeness (QED) is 0.502. The van der Waals surface area contributed by atoms with E-state index in [-0.39, 0.29) is 17.6 Å². The van der Waals surface area contributed by atoms with Gasteiger partial charge in [0, 0.05) is 36.4 Å². The number of aromatic nitrogens is 3. The van der Waals surface area contributed by atoms with Gasteiger partial charge in [-0.05, 0) is 49.2 Å². The van der Waals surface area contributed by atoms with Gasteiger partial charge in [-0.2, -0.15) is 0 Å². The molecule has 1 fully saturated rings. The largest absolute Gasteiger partial charge is 0.341 e. The first-order valence-corrected chi connectivity index (χ1v) is 11.6. The number of anilines is 3. The number of carbonyl (C=O) groups is 2. The summed E-state index contributed by atoms with van der Waals surface area (Å²) in [6, 6.07) is 14.5. The van der Waals surface area contributed by atoms with Gasteiger partial charge in [-0.15, -0.1) is 10.2 Å². The number of benzene rings is 2. The van der Waals surface area contributed by atoms with Gasteiger partial charge in [0.25, 0.3) is 0 Å². The zero-order valence-corrected chi connectivity index (χ0v) is 19.1. The van der Waals surface area contributed by atoms with E-state index >= 15 is 0 Å². The third kappa shape index (κ3) is 5.41. The highest BCUT2D eigenvalue weighted by Gasteiger charge is 2.23. The van der Waals surface area contributed by atoms with E-state index < -0.39 is 0 Å². The summed E-state index contributed by atoms with van der Waals surface area (Å²) in [5.74, 6) is 0.565. The van der Waals surface area contributed by atoms with Gasteiger partial charge in [0.15, 0.2) is 5.16 Å².